The fourth-order valence-corrected chi connectivity index (χ4v) is 2.78. The van der Waals surface area contributed by atoms with Gasteiger partial charge in [0.15, 0.2) is 11.2 Å². The lowest BCUT2D eigenvalue weighted by Gasteiger charge is -2.25. The third-order valence-corrected chi connectivity index (χ3v) is 4.18. The molecule has 10 heteroatoms. The van der Waals surface area contributed by atoms with Gasteiger partial charge in [-0.25, -0.2) is 9.78 Å². The summed E-state index contributed by atoms with van der Waals surface area (Å²) in [6.07, 6.45) is -3.90. The topological polar surface area (TPSA) is 83.3 Å². The van der Waals surface area contributed by atoms with Gasteiger partial charge in [-0.15, -0.1) is 0 Å². The second-order valence-electron chi connectivity index (χ2n) is 5.94. The predicted molar refractivity (Wildman–Crippen MR) is 79.5 cm³/mol. The number of nitrogens with one attached hydrogen (secondary N) is 1. The summed E-state index contributed by atoms with van der Waals surface area (Å²) < 4.78 is 40.0. The number of aromatic nitrogens is 3. The van der Waals surface area contributed by atoms with E-state index in [1.807, 2.05) is 0 Å². The van der Waals surface area contributed by atoms with Crippen LogP contribution in [0.25, 0.3) is 11.0 Å². The number of hydrogen-bond acceptors (Lipinski definition) is 4. The van der Waals surface area contributed by atoms with Crippen molar-refractivity contribution < 1.29 is 23.1 Å². The summed E-state index contributed by atoms with van der Waals surface area (Å²) in [6.45, 7) is 0.826. The number of rotatable bonds is 1. The van der Waals surface area contributed by atoms with E-state index in [0.29, 0.717) is 11.3 Å². The molecule has 0 spiro atoms. The second-order valence-corrected chi connectivity index (χ2v) is 5.94. The van der Waals surface area contributed by atoms with E-state index >= 15 is 0 Å². The molecule has 1 unspecified atom stereocenters. The minimum Gasteiger partial charge on any atom is -0.379 e. The van der Waals surface area contributed by atoms with Gasteiger partial charge < -0.3 is 15.3 Å². The van der Waals surface area contributed by atoms with Crippen molar-refractivity contribution in [3.63, 3.8) is 0 Å². The van der Waals surface area contributed by atoms with Gasteiger partial charge in [0.25, 0.3) is 0 Å². The fourth-order valence-electron chi connectivity index (χ4n) is 2.78. The largest absolute Gasteiger partial charge is 0.419 e. The molecule has 1 fully saturated rings. The number of aryl methyl sites for hydroxylation is 2. The number of alkyl halides is 3. The van der Waals surface area contributed by atoms with Gasteiger partial charge in [-0.1, -0.05) is 0 Å². The lowest BCUT2D eigenvalue weighted by atomic mass is 10.0. The SMILES string of the molecule is Cc1nn(C)c2ncc(NC(=O)N3CCC(O)(C(F)(F)F)C3)cc12. The van der Waals surface area contributed by atoms with E-state index in [-0.39, 0.29) is 6.54 Å². The lowest BCUT2D eigenvalue weighted by Crippen LogP contribution is -2.48. The van der Waals surface area contributed by atoms with Crippen molar-refractivity contribution in [2.24, 2.45) is 7.05 Å². The molecule has 3 heterocycles. The summed E-state index contributed by atoms with van der Waals surface area (Å²) in [5.74, 6) is 0. The number of urea groups is 1. The van der Waals surface area contributed by atoms with Gasteiger partial charge in [-0.05, 0) is 13.0 Å². The summed E-state index contributed by atoms with van der Waals surface area (Å²) in [5.41, 5.74) is -1.14. The van der Waals surface area contributed by atoms with Gasteiger partial charge in [0.1, 0.15) is 0 Å². The fraction of sp³-hybridized carbons (Fsp3) is 0.500. The average molecular weight is 343 g/mol. The minimum atomic E-state index is -4.77. The Kier molecular flexibility index (Phi) is 3.67. The average Bonchev–Trinajstić information content (AvgIpc) is 3.01. The van der Waals surface area contributed by atoms with E-state index in [4.69, 9.17) is 0 Å². The maximum absolute atomic E-state index is 12.8. The number of fused-ring (bicyclic) bond motifs is 1. The van der Waals surface area contributed by atoms with E-state index in [2.05, 4.69) is 15.4 Å². The molecule has 2 N–H and O–H groups in total. The van der Waals surface area contributed by atoms with Gasteiger partial charge in [-0.2, -0.15) is 18.3 Å². The number of nitrogens with zero attached hydrogens (tertiary/aromatic N) is 4. The first kappa shape index (κ1) is 16.5. The Balaban J connectivity index is 1.75. The van der Waals surface area contributed by atoms with Crippen molar-refractivity contribution in [2.45, 2.75) is 25.1 Å². The molecule has 3 rings (SSSR count). The van der Waals surface area contributed by atoms with Crippen LogP contribution < -0.4 is 5.32 Å². The molecule has 1 aliphatic heterocycles. The number of carbonyl (C=O) groups is 1. The van der Waals surface area contributed by atoms with Crippen LogP contribution in [0.2, 0.25) is 0 Å². The molecule has 24 heavy (non-hydrogen) atoms. The van der Waals surface area contributed by atoms with Crippen LogP contribution in [0.1, 0.15) is 12.1 Å². The van der Waals surface area contributed by atoms with Crippen LogP contribution in [0.3, 0.4) is 0 Å². The standard InChI is InChI=1S/C14H16F3N5O2/c1-8-10-5-9(6-18-11(10)21(2)20-8)19-12(23)22-4-3-13(24,7-22)14(15,16)17/h5-6,24H,3-4,7H2,1-2H3,(H,19,23). The summed E-state index contributed by atoms with van der Waals surface area (Å²) in [7, 11) is 1.74. The molecule has 1 atom stereocenters. The molecule has 130 valence electrons. The summed E-state index contributed by atoms with van der Waals surface area (Å²) >= 11 is 0. The Morgan fingerprint density at radius 3 is 2.79 bits per heavy atom. The maximum atomic E-state index is 12.8. The normalized spacial score (nSPS) is 21.5. The number of likely N-dealkylation sites (tertiary alicyclic amines) is 1. The highest BCUT2D eigenvalue weighted by atomic mass is 19.4. The molecule has 0 saturated carbocycles. The van der Waals surface area contributed by atoms with E-state index in [9.17, 15) is 23.1 Å². The van der Waals surface area contributed by atoms with Crippen LogP contribution in [-0.4, -0.2) is 55.7 Å². The summed E-state index contributed by atoms with van der Waals surface area (Å²) in [6, 6.07) is 0.951. The molecule has 0 aromatic carbocycles. The highest BCUT2D eigenvalue weighted by Crippen LogP contribution is 2.37. The van der Waals surface area contributed by atoms with Crippen molar-refractivity contribution >= 4 is 22.8 Å². The number of β-amino-alcohol motifs (C(OH)–C–C–N with tert-alkyl or cyclic N) is 1. The van der Waals surface area contributed by atoms with E-state index in [0.717, 1.165) is 16.0 Å². The van der Waals surface area contributed by atoms with Crippen LogP contribution >= 0.6 is 0 Å². The Morgan fingerprint density at radius 2 is 2.17 bits per heavy atom. The van der Waals surface area contributed by atoms with E-state index < -0.39 is 30.8 Å². The first-order valence-corrected chi connectivity index (χ1v) is 7.25. The number of amides is 2. The third-order valence-electron chi connectivity index (χ3n) is 4.18. The van der Waals surface area contributed by atoms with Gasteiger partial charge >= 0.3 is 12.2 Å². The smallest absolute Gasteiger partial charge is 0.379 e. The van der Waals surface area contributed by atoms with Gasteiger partial charge in [-0.3, -0.25) is 4.68 Å². The van der Waals surface area contributed by atoms with Crippen LogP contribution in [-0.2, 0) is 7.05 Å². The Morgan fingerprint density at radius 1 is 1.46 bits per heavy atom. The first-order valence-electron chi connectivity index (χ1n) is 7.25. The summed E-state index contributed by atoms with van der Waals surface area (Å²) in [5, 5.41) is 17.1. The predicted octanol–water partition coefficient (Wildman–Crippen LogP) is 1.81. The molecular formula is C14H16F3N5O2. The highest BCUT2D eigenvalue weighted by molar-refractivity contribution is 5.92. The molecule has 0 aliphatic carbocycles. The molecule has 0 radical (unpaired) electrons. The molecule has 2 aromatic heterocycles. The van der Waals surface area contributed by atoms with Gasteiger partial charge in [0, 0.05) is 25.4 Å². The zero-order chi connectivity index (χ0) is 17.7. The Bertz CT molecular complexity index is 804. The van der Waals surface area contributed by atoms with Gasteiger partial charge in [0.05, 0.1) is 24.1 Å². The number of carbonyl (C=O) groups excluding carboxylic acids is 1. The maximum Gasteiger partial charge on any atom is 0.419 e. The summed E-state index contributed by atoms with van der Waals surface area (Å²) in [4.78, 5) is 17.3. The number of anilines is 1. The van der Waals surface area contributed by atoms with E-state index in [1.54, 1.807) is 24.7 Å². The molecular weight excluding hydrogens is 327 g/mol. The van der Waals surface area contributed by atoms with Crippen molar-refractivity contribution in [3.05, 3.63) is 18.0 Å². The van der Waals surface area contributed by atoms with Crippen LogP contribution in [0.4, 0.5) is 23.7 Å². The molecule has 2 aromatic rings. The zero-order valence-corrected chi connectivity index (χ0v) is 13.1. The van der Waals surface area contributed by atoms with Crippen molar-refractivity contribution in [1.29, 1.82) is 0 Å². The number of hydrogen-bond donors (Lipinski definition) is 2. The number of aliphatic hydroxyl groups is 1. The second kappa shape index (κ2) is 5.33. The van der Waals surface area contributed by atoms with Crippen molar-refractivity contribution in [1.82, 2.24) is 19.7 Å². The third kappa shape index (κ3) is 2.66. The molecule has 1 aliphatic rings. The van der Waals surface area contributed by atoms with Gasteiger partial charge in [0.2, 0.25) is 0 Å². The van der Waals surface area contributed by atoms with Crippen LogP contribution in [0.5, 0.6) is 0 Å². The monoisotopic (exact) mass is 343 g/mol. The first-order chi connectivity index (χ1) is 11.1. The lowest BCUT2D eigenvalue weighted by molar-refractivity contribution is -0.253. The molecule has 0 bridgehead atoms. The highest BCUT2D eigenvalue weighted by Gasteiger charge is 2.57. The van der Waals surface area contributed by atoms with Crippen LogP contribution in [0.15, 0.2) is 12.3 Å². The zero-order valence-electron chi connectivity index (χ0n) is 13.1. The Hall–Kier alpha value is -2.36. The molecule has 2 amide bonds. The molecule has 7 nitrogen and oxygen atoms in total. The quantitative estimate of drug-likeness (QED) is 0.827. The Labute approximate surface area is 135 Å². The van der Waals surface area contributed by atoms with Crippen molar-refractivity contribution in [2.75, 3.05) is 18.4 Å². The van der Waals surface area contributed by atoms with Crippen LogP contribution in [0, 0.1) is 6.92 Å². The minimum absolute atomic E-state index is 0.177. The van der Waals surface area contributed by atoms with E-state index in [1.165, 1.54) is 6.20 Å². The number of pyridine rings is 1. The van der Waals surface area contributed by atoms with Crippen molar-refractivity contribution in [3.8, 4) is 0 Å². The molecule has 1 saturated heterocycles. The number of halogens is 3.